The van der Waals surface area contributed by atoms with Gasteiger partial charge in [0.2, 0.25) is 11.6 Å². The van der Waals surface area contributed by atoms with E-state index < -0.39 is 35.7 Å². The van der Waals surface area contributed by atoms with E-state index in [9.17, 15) is 9.59 Å². The quantitative estimate of drug-likeness (QED) is 0.376. The summed E-state index contributed by atoms with van der Waals surface area (Å²) in [6.07, 6.45) is -1.43. The van der Waals surface area contributed by atoms with E-state index in [-0.39, 0.29) is 13.2 Å². The van der Waals surface area contributed by atoms with E-state index in [1.54, 1.807) is 6.92 Å². The smallest absolute Gasteiger partial charge is 0.339 e. The summed E-state index contributed by atoms with van der Waals surface area (Å²) in [5.41, 5.74) is 0. The molecule has 1 heterocycles. The third kappa shape index (κ3) is 4.58. The van der Waals surface area contributed by atoms with Gasteiger partial charge in [-0.15, -0.1) is 5.92 Å². The molecular formula is C17H24O8. The van der Waals surface area contributed by atoms with Gasteiger partial charge >= 0.3 is 11.9 Å². The first kappa shape index (κ1) is 21.1. The molecule has 1 aliphatic heterocycles. The average molecular weight is 356 g/mol. The monoisotopic (exact) mass is 356 g/mol. The van der Waals surface area contributed by atoms with Crippen molar-refractivity contribution in [2.75, 3.05) is 27.4 Å². The highest BCUT2D eigenvalue weighted by Gasteiger charge is 2.60. The minimum atomic E-state index is -1.48. The van der Waals surface area contributed by atoms with Crippen LogP contribution in [-0.4, -0.2) is 63.2 Å². The topological polar surface area (TPSA) is 89.5 Å². The molecule has 8 heteroatoms. The maximum Gasteiger partial charge on any atom is 0.339 e. The molecule has 1 saturated heterocycles. The Kier molecular flexibility index (Phi) is 7.58. The first-order chi connectivity index (χ1) is 11.8. The average Bonchev–Trinajstić information content (AvgIpc) is 2.61. The van der Waals surface area contributed by atoms with Gasteiger partial charge in [0.1, 0.15) is 6.61 Å². The first-order valence-electron chi connectivity index (χ1n) is 7.58. The number of hydrogen-bond donors (Lipinski definition) is 0. The van der Waals surface area contributed by atoms with Crippen LogP contribution in [0.3, 0.4) is 0 Å². The zero-order chi connectivity index (χ0) is 19.1. The van der Waals surface area contributed by atoms with Gasteiger partial charge in [0.05, 0.1) is 0 Å². The van der Waals surface area contributed by atoms with E-state index in [0.717, 1.165) is 0 Å². The molecule has 0 spiro atoms. The molecule has 0 unspecified atom stereocenters. The fourth-order valence-electron chi connectivity index (χ4n) is 2.12. The molecule has 0 radical (unpaired) electrons. The van der Waals surface area contributed by atoms with Crippen molar-refractivity contribution in [1.82, 2.24) is 0 Å². The lowest BCUT2D eigenvalue weighted by molar-refractivity contribution is -0.439. The Morgan fingerprint density at radius 3 is 1.96 bits per heavy atom. The number of ether oxygens (including phenoxy) is 6. The lowest BCUT2D eigenvalue weighted by Gasteiger charge is -2.50. The van der Waals surface area contributed by atoms with Crippen LogP contribution in [0.25, 0.3) is 0 Å². The van der Waals surface area contributed by atoms with Gasteiger partial charge in [-0.3, -0.25) is 0 Å². The second kappa shape index (κ2) is 8.97. The largest absolute Gasteiger partial charge is 0.459 e. The molecule has 0 amide bonds. The van der Waals surface area contributed by atoms with Gasteiger partial charge in [0.15, 0.2) is 18.8 Å². The summed E-state index contributed by atoms with van der Waals surface area (Å²) in [4.78, 5) is 24.6. The zero-order valence-electron chi connectivity index (χ0n) is 15.1. The van der Waals surface area contributed by atoms with Crippen molar-refractivity contribution in [3.63, 3.8) is 0 Å². The Morgan fingerprint density at radius 1 is 1.08 bits per heavy atom. The van der Waals surface area contributed by atoms with Crippen LogP contribution in [0.5, 0.6) is 0 Å². The van der Waals surface area contributed by atoms with Gasteiger partial charge in [0.25, 0.3) is 0 Å². The molecule has 0 aromatic rings. The number of rotatable bonds is 7. The highest BCUT2D eigenvalue weighted by Crippen LogP contribution is 2.39. The molecule has 0 aromatic carbocycles. The van der Waals surface area contributed by atoms with Crippen LogP contribution in [0.4, 0.5) is 0 Å². The summed E-state index contributed by atoms with van der Waals surface area (Å²) in [5.74, 6) is 0.583. The molecule has 1 rings (SSSR count). The van der Waals surface area contributed by atoms with Crippen molar-refractivity contribution in [3.8, 4) is 11.8 Å². The fraction of sp³-hybridized carbons (Fsp3) is 0.647. The molecule has 0 aromatic heterocycles. The molecule has 8 nitrogen and oxygen atoms in total. The predicted molar refractivity (Wildman–Crippen MR) is 86.1 cm³/mol. The van der Waals surface area contributed by atoms with Crippen molar-refractivity contribution in [2.24, 2.45) is 0 Å². The number of methoxy groups -OCH3 is 2. The van der Waals surface area contributed by atoms with Crippen LogP contribution in [-0.2, 0) is 38.0 Å². The van der Waals surface area contributed by atoms with Gasteiger partial charge in [-0.05, 0) is 20.8 Å². The van der Waals surface area contributed by atoms with Crippen molar-refractivity contribution < 1.29 is 38.0 Å². The maximum absolute atomic E-state index is 12.3. The number of carbonyl (C=O) groups is 2. The molecule has 0 N–H and O–H groups in total. The van der Waals surface area contributed by atoms with Crippen LogP contribution >= 0.6 is 0 Å². The SMILES string of the molecule is C=CCOC(=O)[C@@H]1O[C@@](C)(OC)[C@](C)(OC)O[C@H]1C(=O)OCC#CC. The Hall–Kier alpha value is -1.92. The Balaban J connectivity index is 3.12. The predicted octanol–water partition coefficient (Wildman–Crippen LogP) is 0.791. The number of carbonyl (C=O) groups excluding carboxylic acids is 2. The summed E-state index contributed by atoms with van der Waals surface area (Å²) in [5, 5.41) is 0. The Morgan fingerprint density at radius 2 is 1.56 bits per heavy atom. The normalized spacial score (nSPS) is 31.4. The van der Waals surface area contributed by atoms with Crippen LogP contribution < -0.4 is 0 Å². The summed E-state index contributed by atoms with van der Waals surface area (Å²) in [6.45, 7) is 7.92. The van der Waals surface area contributed by atoms with Crippen LogP contribution in [0.2, 0.25) is 0 Å². The molecule has 4 atom stereocenters. The standard InChI is InChI=1S/C17H24O8/c1-7-9-11-23-15(19)13-12(14(18)22-10-8-2)24-16(3,20-5)17(4,21-6)25-13/h8,12-13H,2,10-11H2,1,3-6H3/t12-,13-,16-,17-/m1/s1. The molecule has 0 aliphatic carbocycles. The molecular weight excluding hydrogens is 332 g/mol. The third-order valence-electron chi connectivity index (χ3n) is 3.85. The first-order valence-corrected chi connectivity index (χ1v) is 7.58. The minimum absolute atomic E-state index is 0.0486. The van der Waals surface area contributed by atoms with E-state index in [1.807, 2.05) is 0 Å². The minimum Gasteiger partial charge on any atom is -0.459 e. The van der Waals surface area contributed by atoms with E-state index >= 15 is 0 Å². The maximum atomic E-state index is 12.3. The molecule has 0 bridgehead atoms. The summed E-state index contributed by atoms with van der Waals surface area (Å²) < 4.78 is 32.1. The molecule has 25 heavy (non-hydrogen) atoms. The van der Waals surface area contributed by atoms with E-state index in [4.69, 9.17) is 28.4 Å². The summed E-state index contributed by atoms with van der Waals surface area (Å²) >= 11 is 0. The lowest BCUT2D eigenvalue weighted by Crippen LogP contribution is -2.68. The van der Waals surface area contributed by atoms with Gasteiger partial charge in [0, 0.05) is 14.2 Å². The number of hydrogen-bond acceptors (Lipinski definition) is 8. The van der Waals surface area contributed by atoms with Crippen molar-refractivity contribution in [1.29, 1.82) is 0 Å². The van der Waals surface area contributed by atoms with Crippen molar-refractivity contribution >= 4 is 11.9 Å². The summed E-state index contributed by atoms with van der Waals surface area (Å²) in [6, 6.07) is 0. The van der Waals surface area contributed by atoms with E-state index in [1.165, 1.54) is 34.1 Å². The molecule has 1 aliphatic rings. The van der Waals surface area contributed by atoms with Gasteiger partial charge in [-0.1, -0.05) is 18.6 Å². The molecule has 1 fully saturated rings. The third-order valence-corrected chi connectivity index (χ3v) is 3.85. The molecule has 140 valence electrons. The van der Waals surface area contributed by atoms with Crippen molar-refractivity contribution in [2.45, 2.75) is 44.6 Å². The second-order valence-electron chi connectivity index (χ2n) is 5.33. The van der Waals surface area contributed by atoms with Gasteiger partial charge < -0.3 is 28.4 Å². The summed E-state index contributed by atoms with van der Waals surface area (Å²) in [7, 11) is 2.73. The Labute approximate surface area is 147 Å². The second-order valence-corrected chi connectivity index (χ2v) is 5.33. The number of esters is 2. The van der Waals surface area contributed by atoms with Crippen LogP contribution in [0.15, 0.2) is 12.7 Å². The highest BCUT2D eigenvalue weighted by molar-refractivity contribution is 5.86. The lowest BCUT2D eigenvalue weighted by atomic mass is 10.0. The van der Waals surface area contributed by atoms with Gasteiger partial charge in [-0.2, -0.15) is 0 Å². The highest BCUT2D eigenvalue weighted by atomic mass is 16.8. The van der Waals surface area contributed by atoms with E-state index in [2.05, 4.69) is 18.4 Å². The zero-order valence-corrected chi connectivity index (χ0v) is 15.1. The molecule has 0 saturated carbocycles. The van der Waals surface area contributed by atoms with Crippen LogP contribution in [0, 0.1) is 11.8 Å². The fourth-order valence-corrected chi connectivity index (χ4v) is 2.12. The van der Waals surface area contributed by atoms with E-state index in [0.29, 0.717) is 0 Å². The van der Waals surface area contributed by atoms with Gasteiger partial charge in [-0.25, -0.2) is 9.59 Å². The Bertz CT molecular complexity index is 563. The van der Waals surface area contributed by atoms with Crippen molar-refractivity contribution in [3.05, 3.63) is 12.7 Å². The van der Waals surface area contributed by atoms with Crippen LogP contribution in [0.1, 0.15) is 20.8 Å².